The molecule has 0 spiro atoms. The van der Waals surface area contributed by atoms with Crippen molar-refractivity contribution in [3.8, 4) is 0 Å². The lowest BCUT2D eigenvalue weighted by Crippen LogP contribution is -2.14. The van der Waals surface area contributed by atoms with Crippen molar-refractivity contribution in [3.05, 3.63) is 16.8 Å². The van der Waals surface area contributed by atoms with Crippen molar-refractivity contribution in [1.82, 2.24) is 9.97 Å². The van der Waals surface area contributed by atoms with E-state index in [-0.39, 0.29) is 0 Å². The van der Waals surface area contributed by atoms with Gasteiger partial charge in [0.2, 0.25) is 0 Å². The number of hydrogen-bond acceptors (Lipinski definition) is 5. The van der Waals surface area contributed by atoms with Gasteiger partial charge in [0, 0.05) is 10.6 Å². The Kier molecular flexibility index (Phi) is 3.70. The molecule has 20 heavy (non-hydrogen) atoms. The number of nitrogens with zero attached hydrogens (tertiary/aromatic N) is 3. The summed E-state index contributed by atoms with van der Waals surface area (Å²) in [5.41, 5.74) is 5.69. The van der Waals surface area contributed by atoms with E-state index in [2.05, 4.69) is 41.3 Å². The summed E-state index contributed by atoms with van der Waals surface area (Å²) < 4.78 is 0. The Balaban J connectivity index is 1.89. The molecule has 0 radical (unpaired) electrons. The van der Waals surface area contributed by atoms with Crippen molar-refractivity contribution in [2.45, 2.75) is 46.5 Å². The zero-order valence-corrected chi connectivity index (χ0v) is 13.0. The summed E-state index contributed by atoms with van der Waals surface area (Å²) in [5, 5.41) is 5.70. The fraction of sp³-hybridized carbons (Fsp3) is 0.533. The summed E-state index contributed by atoms with van der Waals surface area (Å²) in [6.07, 6.45) is 6.39. The van der Waals surface area contributed by atoms with Crippen LogP contribution in [0.1, 0.15) is 43.0 Å². The number of fused-ring (bicyclic) bond motifs is 1. The molecule has 1 fully saturated rings. The van der Waals surface area contributed by atoms with E-state index in [9.17, 15) is 0 Å². The van der Waals surface area contributed by atoms with Crippen molar-refractivity contribution >= 4 is 33.1 Å². The summed E-state index contributed by atoms with van der Waals surface area (Å²) in [7, 11) is 0. The molecule has 2 aromatic heterocycles. The number of thiophene rings is 1. The number of aromatic nitrogens is 2. The summed E-state index contributed by atoms with van der Waals surface area (Å²) in [5.74, 6) is 1.59. The molecule has 2 aromatic rings. The minimum atomic E-state index is 0.750. The van der Waals surface area contributed by atoms with Gasteiger partial charge in [-0.2, -0.15) is 5.10 Å². The molecule has 1 saturated carbocycles. The second-order valence-corrected chi connectivity index (χ2v) is 6.88. The van der Waals surface area contributed by atoms with Gasteiger partial charge in [0.15, 0.2) is 5.82 Å². The summed E-state index contributed by atoms with van der Waals surface area (Å²) in [4.78, 5) is 11.0. The fourth-order valence-electron chi connectivity index (χ4n) is 2.76. The number of hydrazone groups is 1. The topological polar surface area (TPSA) is 50.2 Å². The quantitative estimate of drug-likeness (QED) is 0.839. The number of aryl methyl sites for hydroxylation is 2. The van der Waals surface area contributed by atoms with Crippen LogP contribution < -0.4 is 5.43 Å². The molecule has 0 amide bonds. The van der Waals surface area contributed by atoms with Gasteiger partial charge >= 0.3 is 0 Å². The van der Waals surface area contributed by atoms with Gasteiger partial charge in [0.05, 0.1) is 5.39 Å². The molecule has 4 nitrogen and oxygen atoms in total. The summed E-state index contributed by atoms with van der Waals surface area (Å²) >= 11 is 1.72. The first-order valence-corrected chi connectivity index (χ1v) is 7.99. The summed E-state index contributed by atoms with van der Waals surface area (Å²) in [6.45, 7) is 6.54. The van der Waals surface area contributed by atoms with E-state index in [0.717, 1.165) is 34.8 Å². The molecule has 0 bridgehead atoms. The van der Waals surface area contributed by atoms with Crippen LogP contribution in [0.4, 0.5) is 5.82 Å². The maximum absolute atomic E-state index is 4.59. The molecule has 3 rings (SSSR count). The van der Waals surface area contributed by atoms with Crippen LogP contribution in [-0.2, 0) is 0 Å². The second-order valence-electron chi connectivity index (χ2n) is 5.68. The third-order valence-electron chi connectivity index (χ3n) is 4.03. The number of nitrogens with one attached hydrogen (secondary N) is 1. The summed E-state index contributed by atoms with van der Waals surface area (Å²) in [6, 6.07) is 0. The highest BCUT2D eigenvalue weighted by Gasteiger charge is 2.15. The Morgan fingerprint density at radius 2 is 2.20 bits per heavy atom. The van der Waals surface area contributed by atoms with E-state index in [4.69, 9.17) is 0 Å². The third kappa shape index (κ3) is 2.54. The second kappa shape index (κ2) is 5.48. The standard InChI is InChI=1S/C15H20N4S/c1-9-5-4-6-12(7-9)18-19-14-13-10(2)11(3)20-15(13)17-8-16-14/h8-9H,4-7H2,1-3H3,(H,16,17,19)/b18-12+/t9-/m1/s1. The number of hydrogen-bond donors (Lipinski definition) is 1. The number of rotatable bonds is 2. The molecule has 5 heteroatoms. The van der Waals surface area contributed by atoms with Crippen molar-refractivity contribution < 1.29 is 0 Å². The van der Waals surface area contributed by atoms with Gasteiger partial charge in [-0.05, 0) is 51.0 Å². The Morgan fingerprint density at radius 3 is 3.00 bits per heavy atom. The lowest BCUT2D eigenvalue weighted by Gasteiger charge is -2.19. The van der Waals surface area contributed by atoms with Gasteiger partial charge in [-0.1, -0.05) is 6.92 Å². The van der Waals surface area contributed by atoms with Gasteiger partial charge < -0.3 is 0 Å². The smallest absolute Gasteiger partial charge is 0.158 e. The van der Waals surface area contributed by atoms with Crippen LogP contribution >= 0.6 is 11.3 Å². The first-order chi connectivity index (χ1) is 9.65. The van der Waals surface area contributed by atoms with Gasteiger partial charge in [0.1, 0.15) is 11.2 Å². The van der Waals surface area contributed by atoms with E-state index in [1.54, 1.807) is 17.7 Å². The molecular weight excluding hydrogens is 268 g/mol. The van der Waals surface area contributed by atoms with Gasteiger partial charge in [-0.15, -0.1) is 11.3 Å². The Morgan fingerprint density at radius 1 is 1.35 bits per heavy atom. The molecule has 1 aliphatic rings. The monoisotopic (exact) mass is 288 g/mol. The lowest BCUT2D eigenvalue weighted by atomic mass is 9.89. The van der Waals surface area contributed by atoms with Crippen LogP contribution in [0.25, 0.3) is 10.2 Å². The average molecular weight is 288 g/mol. The molecule has 1 N–H and O–H groups in total. The van der Waals surface area contributed by atoms with E-state index < -0.39 is 0 Å². The minimum Gasteiger partial charge on any atom is -0.261 e. The molecule has 1 atom stereocenters. The average Bonchev–Trinajstić information content (AvgIpc) is 2.73. The van der Waals surface area contributed by atoms with Crippen molar-refractivity contribution in [2.75, 3.05) is 5.43 Å². The van der Waals surface area contributed by atoms with E-state index in [1.165, 1.54) is 29.0 Å². The SMILES string of the molecule is Cc1sc2ncnc(N/N=C3\CCC[C@@H](C)C3)c2c1C. The molecule has 1 aliphatic carbocycles. The molecular formula is C15H20N4S. The molecule has 0 aliphatic heterocycles. The van der Waals surface area contributed by atoms with Crippen LogP contribution in [0, 0.1) is 19.8 Å². The van der Waals surface area contributed by atoms with Crippen LogP contribution in [0.3, 0.4) is 0 Å². The Hall–Kier alpha value is -1.49. The van der Waals surface area contributed by atoms with Gasteiger partial charge in [-0.3, -0.25) is 5.43 Å². The first-order valence-electron chi connectivity index (χ1n) is 7.17. The molecule has 2 heterocycles. The van der Waals surface area contributed by atoms with Crippen molar-refractivity contribution in [1.29, 1.82) is 0 Å². The Bertz CT molecular complexity index is 659. The minimum absolute atomic E-state index is 0.750. The Labute approximate surface area is 123 Å². The highest BCUT2D eigenvalue weighted by Crippen LogP contribution is 2.32. The number of anilines is 1. The molecule has 0 unspecified atom stereocenters. The molecule has 0 aromatic carbocycles. The van der Waals surface area contributed by atoms with Crippen molar-refractivity contribution in [2.24, 2.45) is 11.0 Å². The predicted molar refractivity (Wildman–Crippen MR) is 85.6 cm³/mol. The van der Waals surface area contributed by atoms with Crippen LogP contribution in [0.2, 0.25) is 0 Å². The highest BCUT2D eigenvalue weighted by atomic mass is 32.1. The van der Waals surface area contributed by atoms with Gasteiger partial charge in [0.25, 0.3) is 0 Å². The van der Waals surface area contributed by atoms with Gasteiger partial charge in [-0.25, -0.2) is 9.97 Å². The molecule has 0 saturated heterocycles. The maximum Gasteiger partial charge on any atom is 0.158 e. The van der Waals surface area contributed by atoms with Crippen molar-refractivity contribution in [3.63, 3.8) is 0 Å². The van der Waals surface area contributed by atoms with Crippen LogP contribution in [0.5, 0.6) is 0 Å². The zero-order chi connectivity index (χ0) is 14.1. The zero-order valence-electron chi connectivity index (χ0n) is 12.2. The van der Waals surface area contributed by atoms with Crippen LogP contribution in [-0.4, -0.2) is 15.7 Å². The lowest BCUT2D eigenvalue weighted by molar-refractivity contribution is 0.500. The van der Waals surface area contributed by atoms with E-state index >= 15 is 0 Å². The predicted octanol–water partition coefficient (Wildman–Crippen LogP) is 4.29. The van der Waals surface area contributed by atoms with Crippen LogP contribution in [0.15, 0.2) is 11.4 Å². The fourth-order valence-corrected chi connectivity index (χ4v) is 3.76. The van der Waals surface area contributed by atoms with E-state index in [1.807, 2.05) is 0 Å². The molecule has 106 valence electrons. The largest absolute Gasteiger partial charge is 0.261 e. The normalized spacial score (nSPS) is 21.6. The van der Waals surface area contributed by atoms with E-state index in [0.29, 0.717) is 0 Å². The highest BCUT2D eigenvalue weighted by molar-refractivity contribution is 7.18. The first kappa shape index (κ1) is 13.5. The third-order valence-corrected chi connectivity index (χ3v) is 5.15. The maximum atomic E-state index is 4.59.